The van der Waals surface area contributed by atoms with Gasteiger partial charge in [0.25, 0.3) is 0 Å². The van der Waals surface area contributed by atoms with Crippen LogP contribution in [0.4, 0.5) is 8.78 Å². The van der Waals surface area contributed by atoms with Gasteiger partial charge < -0.3 is 14.5 Å². The number of nitrogens with one attached hydrogen (secondary N) is 1. The fraction of sp³-hybridized carbons (Fsp3) is 0.375. The molecule has 0 aliphatic heterocycles. The van der Waals surface area contributed by atoms with E-state index in [1.807, 2.05) is 13.0 Å². The lowest BCUT2D eigenvalue weighted by atomic mass is 10.2. The van der Waals surface area contributed by atoms with Gasteiger partial charge >= 0.3 is 0 Å². The second-order valence-electron chi connectivity index (χ2n) is 4.84. The Morgan fingerprint density at radius 2 is 2.00 bits per heavy atom. The average molecular weight is 295 g/mol. The number of hydrogen-bond donors (Lipinski definition) is 1. The summed E-state index contributed by atoms with van der Waals surface area (Å²) in [7, 11) is 0. The van der Waals surface area contributed by atoms with Crippen molar-refractivity contribution in [1.29, 1.82) is 0 Å². The number of hydrogen-bond acceptors (Lipinski definition) is 3. The fourth-order valence-corrected chi connectivity index (χ4v) is 1.93. The van der Waals surface area contributed by atoms with Crippen molar-refractivity contribution in [2.75, 3.05) is 6.54 Å². The molecule has 2 aromatic rings. The largest absolute Gasteiger partial charge is 0.489 e. The maximum absolute atomic E-state index is 13.1. The Morgan fingerprint density at radius 3 is 2.71 bits per heavy atom. The molecule has 1 N–H and O–H groups in total. The molecule has 0 amide bonds. The first kappa shape index (κ1) is 15.5. The summed E-state index contributed by atoms with van der Waals surface area (Å²) in [4.78, 5) is 0. The van der Waals surface area contributed by atoms with Crippen molar-refractivity contribution in [2.24, 2.45) is 0 Å². The summed E-state index contributed by atoms with van der Waals surface area (Å²) < 4.78 is 37.0. The van der Waals surface area contributed by atoms with Crippen molar-refractivity contribution < 1.29 is 17.9 Å². The van der Waals surface area contributed by atoms with Gasteiger partial charge in [-0.2, -0.15) is 0 Å². The minimum Gasteiger partial charge on any atom is -0.489 e. The first-order valence-electron chi connectivity index (χ1n) is 6.97. The highest BCUT2D eigenvalue weighted by atomic mass is 19.2. The molecule has 0 atom stereocenters. The predicted octanol–water partition coefficient (Wildman–Crippen LogP) is 3.94. The summed E-state index contributed by atoms with van der Waals surface area (Å²) in [6.07, 6.45) is 1.06. The van der Waals surface area contributed by atoms with Gasteiger partial charge in [-0.25, -0.2) is 8.78 Å². The van der Waals surface area contributed by atoms with Crippen LogP contribution in [0.1, 0.15) is 30.4 Å². The van der Waals surface area contributed by atoms with Crippen LogP contribution >= 0.6 is 0 Å². The zero-order chi connectivity index (χ0) is 15.2. The molecule has 1 heterocycles. The molecule has 1 aromatic carbocycles. The maximum Gasteiger partial charge on any atom is 0.162 e. The van der Waals surface area contributed by atoms with E-state index in [0.29, 0.717) is 12.3 Å². The average Bonchev–Trinajstić information content (AvgIpc) is 2.81. The van der Waals surface area contributed by atoms with Crippen molar-refractivity contribution in [3.63, 3.8) is 0 Å². The molecule has 0 spiro atoms. The number of rotatable bonds is 7. The van der Waals surface area contributed by atoms with Gasteiger partial charge in [0.15, 0.2) is 11.6 Å². The van der Waals surface area contributed by atoms with E-state index in [2.05, 4.69) is 12.2 Å². The monoisotopic (exact) mass is 295 g/mol. The van der Waals surface area contributed by atoms with E-state index < -0.39 is 11.6 Å². The Morgan fingerprint density at radius 1 is 1.19 bits per heavy atom. The Bertz CT molecular complexity index is 596. The second kappa shape index (κ2) is 7.22. The quantitative estimate of drug-likeness (QED) is 0.786. The molecule has 0 radical (unpaired) electrons. The highest BCUT2D eigenvalue weighted by Crippen LogP contribution is 2.20. The van der Waals surface area contributed by atoms with Crippen molar-refractivity contribution in [3.8, 4) is 5.75 Å². The first-order valence-corrected chi connectivity index (χ1v) is 6.97. The lowest BCUT2D eigenvalue weighted by Crippen LogP contribution is -2.13. The SMILES string of the molecule is CCCNCc1cc(COc2ccc(F)c(F)c2)c(C)o1. The van der Waals surface area contributed by atoms with Gasteiger partial charge in [-0.05, 0) is 38.1 Å². The van der Waals surface area contributed by atoms with Crippen LogP contribution in [0.2, 0.25) is 0 Å². The number of benzene rings is 1. The predicted molar refractivity (Wildman–Crippen MR) is 76.1 cm³/mol. The number of halogens is 2. The maximum atomic E-state index is 13.1. The second-order valence-corrected chi connectivity index (χ2v) is 4.84. The van der Waals surface area contributed by atoms with Crippen molar-refractivity contribution in [1.82, 2.24) is 5.32 Å². The van der Waals surface area contributed by atoms with Gasteiger partial charge in [-0.1, -0.05) is 6.92 Å². The lowest BCUT2D eigenvalue weighted by Gasteiger charge is -2.05. The Balaban J connectivity index is 1.94. The molecule has 0 saturated carbocycles. The summed E-state index contributed by atoms with van der Waals surface area (Å²) in [6, 6.07) is 5.40. The van der Waals surface area contributed by atoms with Crippen LogP contribution in [0, 0.1) is 18.6 Å². The molecule has 0 unspecified atom stereocenters. The van der Waals surface area contributed by atoms with Crippen LogP contribution < -0.4 is 10.1 Å². The highest BCUT2D eigenvalue weighted by molar-refractivity contribution is 5.25. The standard InChI is InChI=1S/C16H19F2NO2/c1-3-6-19-9-14-7-12(11(2)21-14)10-20-13-4-5-15(17)16(18)8-13/h4-5,7-8,19H,3,6,9-10H2,1-2H3. The van der Waals surface area contributed by atoms with Gasteiger partial charge in [0, 0.05) is 11.6 Å². The van der Waals surface area contributed by atoms with Crippen molar-refractivity contribution in [2.45, 2.75) is 33.4 Å². The summed E-state index contributed by atoms with van der Waals surface area (Å²) >= 11 is 0. The normalized spacial score (nSPS) is 10.9. The molecular formula is C16H19F2NO2. The minimum atomic E-state index is -0.916. The smallest absolute Gasteiger partial charge is 0.162 e. The van der Waals surface area contributed by atoms with E-state index in [-0.39, 0.29) is 6.61 Å². The molecule has 0 saturated heterocycles. The minimum absolute atomic E-state index is 0.258. The van der Waals surface area contributed by atoms with E-state index >= 15 is 0 Å². The fourth-order valence-electron chi connectivity index (χ4n) is 1.93. The Kier molecular flexibility index (Phi) is 5.33. The molecule has 0 aliphatic rings. The van der Waals surface area contributed by atoms with Crippen molar-refractivity contribution >= 4 is 0 Å². The Labute approximate surface area is 122 Å². The molecular weight excluding hydrogens is 276 g/mol. The van der Waals surface area contributed by atoms with Crippen LogP contribution in [-0.2, 0) is 13.2 Å². The summed E-state index contributed by atoms with van der Waals surface area (Å²) in [5.41, 5.74) is 0.896. The molecule has 1 aromatic heterocycles. The number of furan rings is 1. The third kappa shape index (κ3) is 4.29. The van der Waals surface area contributed by atoms with E-state index in [0.717, 1.165) is 42.2 Å². The summed E-state index contributed by atoms with van der Waals surface area (Å²) in [5, 5.41) is 3.25. The van der Waals surface area contributed by atoms with Gasteiger partial charge in [-0.15, -0.1) is 0 Å². The van der Waals surface area contributed by atoms with Gasteiger partial charge in [-0.3, -0.25) is 0 Å². The molecule has 0 aliphatic carbocycles. The zero-order valence-corrected chi connectivity index (χ0v) is 12.2. The number of ether oxygens (including phenoxy) is 1. The van der Waals surface area contributed by atoms with Crippen LogP contribution in [-0.4, -0.2) is 6.54 Å². The first-order chi connectivity index (χ1) is 10.1. The van der Waals surface area contributed by atoms with Crippen LogP contribution in [0.5, 0.6) is 5.75 Å². The number of aryl methyl sites for hydroxylation is 1. The molecule has 5 heteroatoms. The molecule has 114 valence electrons. The third-order valence-electron chi connectivity index (χ3n) is 3.08. The van der Waals surface area contributed by atoms with Crippen molar-refractivity contribution in [3.05, 3.63) is 53.0 Å². The molecule has 3 nitrogen and oxygen atoms in total. The zero-order valence-electron chi connectivity index (χ0n) is 12.2. The topological polar surface area (TPSA) is 34.4 Å². The highest BCUT2D eigenvalue weighted by Gasteiger charge is 2.09. The molecule has 0 fully saturated rings. The lowest BCUT2D eigenvalue weighted by molar-refractivity contribution is 0.300. The molecule has 0 bridgehead atoms. The Hall–Kier alpha value is -1.88. The third-order valence-corrected chi connectivity index (χ3v) is 3.08. The molecule has 21 heavy (non-hydrogen) atoms. The van der Waals surface area contributed by atoms with E-state index in [1.165, 1.54) is 6.07 Å². The van der Waals surface area contributed by atoms with E-state index in [9.17, 15) is 8.78 Å². The van der Waals surface area contributed by atoms with E-state index in [1.54, 1.807) is 0 Å². The van der Waals surface area contributed by atoms with Crippen LogP contribution in [0.15, 0.2) is 28.7 Å². The van der Waals surface area contributed by atoms with E-state index in [4.69, 9.17) is 9.15 Å². The molecule has 2 rings (SSSR count). The van der Waals surface area contributed by atoms with Gasteiger partial charge in [0.2, 0.25) is 0 Å². The van der Waals surface area contributed by atoms with Crippen LogP contribution in [0.25, 0.3) is 0 Å². The summed E-state index contributed by atoms with van der Waals surface area (Å²) in [5.74, 6) is 0.0999. The van der Waals surface area contributed by atoms with Gasteiger partial charge in [0.1, 0.15) is 23.9 Å². The van der Waals surface area contributed by atoms with Crippen LogP contribution in [0.3, 0.4) is 0 Å². The summed E-state index contributed by atoms with van der Waals surface area (Å²) in [6.45, 7) is 5.81. The van der Waals surface area contributed by atoms with Gasteiger partial charge in [0.05, 0.1) is 6.54 Å².